The molecule has 0 aliphatic heterocycles. The quantitative estimate of drug-likeness (QED) is 0.642. The molecule has 1 amide bonds. The minimum Gasteiger partial charge on any atom is -0.465 e. The molecule has 0 spiro atoms. The molecule has 5 nitrogen and oxygen atoms in total. The normalized spacial score (nSPS) is 31.6. The minimum absolute atomic E-state index is 0.00457. The summed E-state index contributed by atoms with van der Waals surface area (Å²) in [5.41, 5.74) is -0.639. The topological polar surface area (TPSA) is 72.8 Å². The summed E-state index contributed by atoms with van der Waals surface area (Å²) in [4.78, 5) is 12.4. The zero-order chi connectivity index (χ0) is 11.5. The Kier molecular flexibility index (Phi) is 3.93. The average Bonchev–Trinajstić information content (AvgIpc) is 2.07. The lowest BCUT2D eigenvalue weighted by Gasteiger charge is -2.37. The van der Waals surface area contributed by atoms with Gasteiger partial charge in [0.2, 0.25) is 0 Å². The van der Waals surface area contributed by atoms with Gasteiger partial charge in [-0.25, -0.2) is 4.79 Å². The molecule has 1 aliphatic rings. The largest absolute Gasteiger partial charge is 0.465 e. The van der Waals surface area contributed by atoms with Crippen LogP contribution in [0.4, 0.5) is 4.79 Å². The lowest BCUT2D eigenvalue weighted by molar-refractivity contribution is -0.0222. The molecule has 88 valence electrons. The number of carbonyl (C=O) groups is 1. The zero-order valence-electron chi connectivity index (χ0n) is 9.36. The maximum absolute atomic E-state index is 10.4. The molecule has 1 rings (SSSR count). The van der Waals surface area contributed by atoms with Gasteiger partial charge >= 0.3 is 6.09 Å². The van der Waals surface area contributed by atoms with Crippen molar-refractivity contribution >= 4 is 6.09 Å². The van der Waals surface area contributed by atoms with Gasteiger partial charge in [-0.3, -0.25) is 0 Å². The Hall–Kier alpha value is -0.810. The highest BCUT2D eigenvalue weighted by atomic mass is 16.4. The molecular weight excluding hydrogens is 196 g/mol. The van der Waals surface area contributed by atoms with E-state index in [0.29, 0.717) is 19.4 Å². The number of likely N-dealkylation sites (N-methyl/N-ethyl adjacent to an activating group) is 1. The molecule has 0 aromatic heterocycles. The van der Waals surface area contributed by atoms with Crippen molar-refractivity contribution in [2.24, 2.45) is 0 Å². The lowest BCUT2D eigenvalue weighted by atomic mass is 9.82. The molecule has 1 fully saturated rings. The molecule has 15 heavy (non-hydrogen) atoms. The Morgan fingerprint density at radius 2 is 2.00 bits per heavy atom. The number of amides is 1. The van der Waals surface area contributed by atoms with Gasteiger partial charge in [-0.1, -0.05) is 0 Å². The first-order chi connectivity index (χ1) is 6.91. The van der Waals surface area contributed by atoms with E-state index in [0.717, 1.165) is 12.8 Å². The third-order valence-corrected chi connectivity index (χ3v) is 2.85. The lowest BCUT2D eigenvalue weighted by Crippen LogP contribution is -2.47. The van der Waals surface area contributed by atoms with Gasteiger partial charge in [-0.15, -0.1) is 0 Å². The Labute approximate surface area is 90.1 Å². The summed E-state index contributed by atoms with van der Waals surface area (Å²) in [6.07, 6.45) is 1.79. The number of carboxylic acid groups (broad SMARTS) is 1. The second kappa shape index (κ2) is 4.81. The van der Waals surface area contributed by atoms with Gasteiger partial charge in [0, 0.05) is 12.6 Å². The van der Waals surface area contributed by atoms with E-state index in [1.165, 1.54) is 0 Å². The van der Waals surface area contributed by atoms with Crippen molar-refractivity contribution in [1.29, 1.82) is 0 Å². The molecule has 0 bridgehead atoms. The summed E-state index contributed by atoms with van der Waals surface area (Å²) in [6.45, 7) is 0.646. The van der Waals surface area contributed by atoms with E-state index in [-0.39, 0.29) is 6.04 Å². The van der Waals surface area contributed by atoms with Crippen LogP contribution < -0.4 is 5.32 Å². The highest BCUT2D eigenvalue weighted by Crippen LogP contribution is 2.28. The first-order valence-electron chi connectivity index (χ1n) is 5.28. The van der Waals surface area contributed by atoms with Crippen LogP contribution in [0.3, 0.4) is 0 Å². The van der Waals surface area contributed by atoms with Crippen LogP contribution in [-0.4, -0.2) is 53.5 Å². The molecule has 0 heterocycles. The molecule has 0 unspecified atom stereocenters. The second-order valence-corrected chi connectivity index (χ2v) is 4.69. The molecule has 1 aliphatic carbocycles. The fraction of sp³-hybridized carbons (Fsp3) is 0.900. The van der Waals surface area contributed by atoms with Crippen LogP contribution in [0.2, 0.25) is 0 Å². The van der Waals surface area contributed by atoms with Crippen molar-refractivity contribution in [3.05, 3.63) is 0 Å². The second-order valence-electron chi connectivity index (χ2n) is 4.69. The number of hydrogen-bond donors (Lipinski definition) is 3. The predicted molar refractivity (Wildman–Crippen MR) is 56.9 cm³/mol. The zero-order valence-corrected chi connectivity index (χ0v) is 9.36. The van der Waals surface area contributed by atoms with Gasteiger partial charge in [0.05, 0.1) is 5.60 Å². The molecule has 0 aromatic carbocycles. The van der Waals surface area contributed by atoms with Gasteiger partial charge < -0.3 is 20.4 Å². The number of aliphatic hydroxyl groups is 1. The van der Waals surface area contributed by atoms with Crippen LogP contribution in [0.5, 0.6) is 0 Å². The average molecular weight is 216 g/mol. The monoisotopic (exact) mass is 216 g/mol. The van der Waals surface area contributed by atoms with E-state index in [1.54, 1.807) is 0 Å². The number of nitrogens with one attached hydrogen (secondary N) is 1. The molecule has 0 atom stereocenters. The van der Waals surface area contributed by atoms with Crippen LogP contribution in [0, 0.1) is 0 Å². The van der Waals surface area contributed by atoms with Gasteiger partial charge in [-0.05, 0) is 39.8 Å². The van der Waals surface area contributed by atoms with Crippen molar-refractivity contribution in [2.45, 2.75) is 37.3 Å². The summed E-state index contributed by atoms with van der Waals surface area (Å²) in [5, 5.41) is 21.2. The number of rotatable bonds is 3. The summed E-state index contributed by atoms with van der Waals surface area (Å²) in [5.74, 6) is 0. The Balaban J connectivity index is 2.37. The van der Waals surface area contributed by atoms with Crippen molar-refractivity contribution in [3.63, 3.8) is 0 Å². The van der Waals surface area contributed by atoms with E-state index in [2.05, 4.69) is 5.32 Å². The fourth-order valence-corrected chi connectivity index (χ4v) is 2.22. The van der Waals surface area contributed by atoms with E-state index in [9.17, 15) is 9.90 Å². The molecule has 0 saturated heterocycles. The Morgan fingerprint density at radius 3 is 2.40 bits per heavy atom. The summed E-state index contributed by atoms with van der Waals surface area (Å²) < 4.78 is 0. The highest BCUT2D eigenvalue weighted by Gasteiger charge is 2.33. The maximum Gasteiger partial charge on any atom is 0.404 e. The summed E-state index contributed by atoms with van der Waals surface area (Å²) in [7, 11) is 3.86. The third-order valence-electron chi connectivity index (χ3n) is 2.85. The SMILES string of the molecule is CN(C)C[C@]1(O)CC[C@@H](NC(=O)O)CC1. The maximum atomic E-state index is 10.4. The first kappa shape index (κ1) is 12.3. The number of hydrogen-bond acceptors (Lipinski definition) is 3. The number of nitrogens with zero attached hydrogens (tertiary/aromatic N) is 1. The van der Waals surface area contributed by atoms with Gasteiger partial charge in [0.25, 0.3) is 0 Å². The van der Waals surface area contributed by atoms with Gasteiger partial charge in [-0.2, -0.15) is 0 Å². The molecule has 3 N–H and O–H groups in total. The predicted octanol–water partition coefficient (Wildman–Crippen LogP) is 0.489. The van der Waals surface area contributed by atoms with Crippen molar-refractivity contribution in [3.8, 4) is 0 Å². The molecule has 0 aromatic rings. The fourth-order valence-electron chi connectivity index (χ4n) is 2.22. The van der Waals surface area contributed by atoms with E-state index in [1.807, 2.05) is 19.0 Å². The molecule has 5 heteroatoms. The highest BCUT2D eigenvalue weighted by molar-refractivity contribution is 5.64. The summed E-state index contributed by atoms with van der Waals surface area (Å²) >= 11 is 0. The van der Waals surface area contributed by atoms with Gasteiger partial charge in [0.1, 0.15) is 0 Å². The van der Waals surface area contributed by atoms with Crippen molar-refractivity contribution in [1.82, 2.24) is 10.2 Å². The van der Waals surface area contributed by atoms with Crippen LogP contribution >= 0.6 is 0 Å². The van der Waals surface area contributed by atoms with E-state index >= 15 is 0 Å². The summed E-state index contributed by atoms with van der Waals surface area (Å²) in [6, 6.07) is 0.00457. The van der Waals surface area contributed by atoms with E-state index < -0.39 is 11.7 Å². The van der Waals surface area contributed by atoms with Crippen LogP contribution in [0.15, 0.2) is 0 Å². The van der Waals surface area contributed by atoms with E-state index in [4.69, 9.17) is 5.11 Å². The molecular formula is C10H20N2O3. The molecule has 1 saturated carbocycles. The van der Waals surface area contributed by atoms with Gasteiger partial charge in [0.15, 0.2) is 0 Å². The first-order valence-corrected chi connectivity index (χ1v) is 5.28. The smallest absolute Gasteiger partial charge is 0.404 e. The van der Waals surface area contributed by atoms with Crippen LogP contribution in [0.1, 0.15) is 25.7 Å². The Morgan fingerprint density at radius 1 is 1.47 bits per heavy atom. The third kappa shape index (κ3) is 4.05. The minimum atomic E-state index is -0.974. The Bertz CT molecular complexity index is 223. The standard InChI is InChI=1S/C10H20N2O3/c1-12(2)7-10(15)5-3-8(4-6-10)11-9(13)14/h8,11,15H,3-7H2,1-2H3,(H,13,14)/t8-,10+. The molecule has 0 radical (unpaired) electrons. The van der Waals surface area contributed by atoms with Crippen molar-refractivity contribution < 1.29 is 15.0 Å². The van der Waals surface area contributed by atoms with Crippen molar-refractivity contribution in [2.75, 3.05) is 20.6 Å². The van der Waals surface area contributed by atoms with Crippen LogP contribution in [-0.2, 0) is 0 Å². The van der Waals surface area contributed by atoms with Crippen LogP contribution in [0.25, 0.3) is 0 Å².